The van der Waals surface area contributed by atoms with Gasteiger partial charge in [-0.25, -0.2) is 0 Å². The molecule has 2 nitrogen and oxygen atoms in total. The Morgan fingerprint density at radius 1 is 1.31 bits per heavy atom. The van der Waals surface area contributed by atoms with E-state index < -0.39 is 0 Å². The van der Waals surface area contributed by atoms with Crippen molar-refractivity contribution >= 4 is 11.6 Å². The largest absolute Gasteiger partial charge is 0.325 e. The highest BCUT2D eigenvalue weighted by atomic mass is 16.2. The van der Waals surface area contributed by atoms with Crippen molar-refractivity contribution < 1.29 is 4.79 Å². The first kappa shape index (κ1) is 11.2. The molecule has 1 fully saturated rings. The lowest BCUT2D eigenvalue weighted by Crippen LogP contribution is -2.17. The lowest BCUT2D eigenvalue weighted by molar-refractivity contribution is -0.118. The summed E-state index contributed by atoms with van der Waals surface area (Å²) in [5.41, 5.74) is 3.44. The topological polar surface area (TPSA) is 29.1 Å². The first-order valence-electron chi connectivity index (χ1n) is 5.79. The van der Waals surface area contributed by atoms with Gasteiger partial charge in [-0.05, 0) is 36.8 Å². The van der Waals surface area contributed by atoms with Gasteiger partial charge in [-0.3, -0.25) is 4.79 Å². The van der Waals surface area contributed by atoms with E-state index in [0.717, 1.165) is 23.2 Å². The zero-order chi connectivity index (χ0) is 11.9. The summed E-state index contributed by atoms with van der Waals surface area (Å²) in [5.74, 6) is 0.355. The van der Waals surface area contributed by atoms with Crippen LogP contribution in [0.15, 0.2) is 18.2 Å². The third-order valence-corrected chi connectivity index (χ3v) is 3.56. The summed E-state index contributed by atoms with van der Waals surface area (Å²) in [4.78, 5) is 12.0. The molecule has 16 heavy (non-hydrogen) atoms. The van der Waals surface area contributed by atoms with Gasteiger partial charge in [-0.15, -0.1) is 0 Å². The molecule has 0 aliphatic heterocycles. The summed E-state index contributed by atoms with van der Waals surface area (Å²) in [7, 11) is 0. The highest BCUT2D eigenvalue weighted by Gasteiger charge is 2.50. The molecular formula is C14H19NO. The standard InChI is InChI=1S/C14H19NO/c1-9-6-5-7-10(2)12(9)15-13(16)11-8-14(11,3)4/h5-7,11H,8H2,1-4H3,(H,15,16). The molecule has 0 aromatic heterocycles. The minimum Gasteiger partial charge on any atom is -0.325 e. The van der Waals surface area contributed by atoms with Crippen LogP contribution in [0.5, 0.6) is 0 Å². The molecule has 0 saturated heterocycles. The predicted octanol–water partition coefficient (Wildman–Crippen LogP) is 3.29. The zero-order valence-corrected chi connectivity index (χ0v) is 10.4. The van der Waals surface area contributed by atoms with Crippen LogP contribution in [0.3, 0.4) is 0 Å². The van der Waals surface area contributed by atoms with E-state index in [0.29, 0.717) is 0 Å². The van der Waals surface area contributed by atoms with Gasteiger partial charge in [0.2, 0.25) is 5.91 Å². The number of aryl methyl sites for hydroxylation is 2. The number of benzene rings is 1. The number of hydrogen-bond acceptors (Lipinski definition) is 1. The second-order valence-corrected chi connectivity index (χ2v) is 5.50. The van der Waals surface area contributed by atoms with Gasteiger partial charge in [0, 0.05) is 11.6 Å². The van der Waals surface area contributed by atoms with Gasteiger partial charge in [0.25, 0.3) is 0 Å². The summed E-state index contributed by atoms with van der Waals surface area (Å²) in [6, 6.07) is 6.07. The maximum Gasteiger partial charge on any atom is 0.228 e. The van der Waals surface area contributed by atoms with Crippen LogP contribution in [0.1, 0.15) is 31.4 Å². The molecular weight excluding hydrogens is 198 g/mol. The summed E-state index contributed by atoms with van der Waals surface area (Å²) in [5, 5.41) is 3.06. The molecule has 1 aromatic carbocycles. The molecule has 0 heterocycles. The van der Waals surface area contributed by atoms with Crippen molar-refractivity contribution in [2.24, 2.45) is 11.3 Å². The van der Waals surface area contributed by atoms with Crippen LogP contribution in [-0.2, 0) is 4.79 Å². The second-order valence-electron chi connectivity index (χ2n) is 5.50. The van der Waals surface area contributed by atoms with E-state index in [1.807, 2.05) is 32.0 Å². The van der Waals surface area contributed by atoms with Gasteiger partial charge < -0.3 is 5.32 Å². The smallest absolute Gasteiger partial charge is 0.228 e. The van der Waals surface area contributed by atoms with Crippen LogP contribution >= 0.6 is 0 Å². The van der Waals surface area contributed by atoms with E-state index in [-0.39, 0.29) is 17.2 Å². The average molecular weight is 217 g/mol. The molecule has 1 unspecified atom stereocenters. The summed E-state index contributed by atoms with van der Waals surface area (Å²) in [6.07, 6.45) is 1.00. The Kier molecular flexibility index (Phi) is 2.53. The monoisotopic (exact) mass is 217 g/mol. The second kappa shape index (κ2) is 3.62. The van der Waals surface area contributed by atoms with Crippen LogP contribution in [0.2, 0.25) is 0 Å². The normalized spacial score (nSPS) is 21.6. The Balaban J connectivity index is 2.13. The molecule has 1 N–H and O–H groups in total. The molecule has 0 spiro atoms. The SMILES string of the molecule is Cc1cccc(C)c1NC(=O)C1CC1(C)C. The number of para-hydroxylation sites is 1. The van der Waals surface area contributed by atoms with Gasteiger partial charge in [0.15, 0.2) is 0 Å². The molecule has 1 amide bonds. The number of hydrogen-bond donors (Lipinski definition) is 1. The number of nitrogens with one attached hydrogen (secondary N) is 1. The number of carbonyl (C=O) groups excluding carboxylic acids is 1. The van der Waals surface area contributed by atoms with Gasteiger partial charge in [-0.2, -0.15) is 0 Å². The zero-order valence-electron chi connectivity index (χ0n) is 10.4. The quantitative estimate of drug-likeness (QED) is 0.809. The molecule has 2 heteroatoms. The van der Waals surface area contributed by atoms with Gasteiger partial charge in [0.1, 0.15) is 0 Å². The molecule has 1 saturated carbocycles. The molecule has 86 valence electrons. The van der Waals surface area contributed by atoms with Crippen LogP contribution in [0.4, 0.5) is 5.69 Å². The fourth-order valence-corrected chi connectivity index (χ4v) is 2.14. The van der Waals surface area contributed by atoms with Crippen molar-refractivity contribution in [1.82, 2.24) is 0 Å². The maximum absolute atomic E-state index is 12.0. The van der Waals surface area contributed by atoms with Crippen molar-refractivity contribution in [1.29, 1.82) is 0 Å². The Bertz CT molecular complexity index is 414. The number of amides is 1. The molecule has 0 bridgehead atoms. The summed E-state index contributed by atoms with van der Waals surface area (Å²) < 4.78 is 0. The Morgan fingerprint density at radius 2 is 1.81 bits per heavy atom. The first-order chi connectivity index (χ1) is 7.42. The van der Waals surface area contributed by atoms with E-state index in [1.165, 1.54) is 0 Å². The maximum atomic E-state index is 12.0. The van der Waals surface area contributed by atoms with E-state index in [2.05, 4.69) is 19.2 Å². The number of carbonyl (C=O) groups is 1. The predicted molar refractivity (Wildman–Crippen MR) is 66.4 cm³/mol. The van der Waals surface area contributed by atoms with E-state index in [1.54, 1.807) is 0 Å². The van der Waals surface area contributed by atoms with Crippen molar-refractivity contribution in [3.8, 4) is 0 Å². The molecule has 1 aliphatic carbocycles. The minimum atomic E-state index is 0.169. The Labute approximate surface area is 97.1 Å². The van der Waals surface area contributed by atoms with Crippen LogP contribution in [0, 0.1) is 25.2 Å². The summed E-state index contributed by atoms with van der Waals surface area (Å²) >= 11 is 0. The van der Waals surface area contributed by atoms with E-state index in [9.17, 15) is 4.79 Å². The number of anilines is 1. The molecule has 1 aliphatic rings. The van der Waals surface area contributed by atoms with Crippen LogP contribution in [0.25, 0.3) is 0 Å². The lowest BCUT2D eigenvalue weighted by Gasteiger charge is -2.12. The van der Waals surface area contributed by atoms with Crippen molar-refractivity contribution in [2.45, 2.75) is 34.1 Å². The van der Waals surface area contributed by atoms with Crippen LogP contribution in [-0.4, -0.2) is 5.91 Å². The van der Waals surface area contributed by atoms with Crippen molar-refractivity contribution in [3.05, 3.63) is 29.3 Å². The third kappa shape index (κ3) is 1.97. The first-order valence-corrected chi connectivity index (χ1v) is 5.79. The molecule has 1 aromatic rings. The average Bonchev–Trinajstić information content (AvgIpc) is 2.82. The highest BCUT2D eigenvalue weighted by Crippen LogP contribution is 2.52. The lowest BCUT2D eigenvalue weighted by atomic mass is 10.1. The highest BCUT2D eigenvalue weighted by molar-refractivity contribution is 5.96. The fraction of sp³-hybridized carbons (Fsp3) is 0.500. The minimum absolute atomic E-state index is 0.169. The van der Waals surface area contributed by atoms with E-state index in [4.69, 9.17) is 0 Å². The van der Waals surface area contributed by atoms with Crippen molar-refractivity contribution in [2.75, 3.05) is 5.32 Å². The molecule has 0 radical (unpaired) electrons. The molecule has 2 rings (SSSR count). The van der Waals surface area contributed by atoms with Crippen LogP contribution < -0.4 is 5.32 Å². The Morgan fingerprint density at radius 3 is 2.25 bits per heavy atom. The van der Waals surface area contributed by atoms with E-state index >= 15 is 0 Å². The van der Waals surface area contributed by atoms with Gasteiger partial charge >= 0.3 is 0 Å². The summed E-state index contributed by atoms with van der Waals surface area (Å²) in [6.45, 7) is 8.34. The molecule has 1 atom stereocenters. The van der Waals surface area contributed by atoms with Gasteiger partial charge in [-0.1, -0.05) is 32.0 Å². The van der Waals surface area contributed by atoms with Crippen molar-refractivity contribution in [3.63, 3.8) is 0 Å². The Hall–Kier alpha value is -1.31. The third-order valence-electron chi connectivity index (χ3n) is 3.56. The fourth-order valence-electron chi connectivity index (χ4n) is 2.14. The van der Waals surface area contributed by atoms with Gasteiger partial charge in [0.05, 0.1) is 0 Å². The number of rotatable bonds is 2.